The first kappa shape index (κ1) is 30.0. The highest BCUT2D eigenvalue weighted by atomic mass is 35.5. The van der Waals surface area contributed by atoms with Crippen LogP contribution >= 0.6 is 11.6 Å². The summed E-state index contributed by atoms with van der Waals surface area (Å²) in [7, 11) is -2.71. The molecule has 0 radical (unpaired) electrons. The molecule has 0 aliphatic heterocycles. The average Bonchev–Trinajstić information content (AvgIpc) is 2.90. The molecule has 0 heterocycles. The Labute approximate surface area is 235 Å². The van der Waals surface area contributed by atoms with E-state index in [9.17, 15) is 18.0 Å². The highest BCUT2D eigenvalue weighted by Crippen LogP contribution is 2.28. The van der Waals surface area contributed by atoms with Crippen LogP contribution in [-0.4, -0.2) is 50.9 Å². The van der Waals surface area contributed by atoms with Gasteiger partial charge in [-0.1, -0.05) is 47.5 Å². The zero-order valence-electron chi connectivity index (χ0n) is 22.7. The quantitative estimate of drug-likeness (QED) is 0.357. The fourth-order valence-electron chi connectivity index (χ4n) is 3.91. The van der Waals surface area contributed by atoms with Gasteiger partial charge >= 0.3 is 0 Å². The lowest BCUT2D eigenvalue weighted by Gasteiger charge is -2.32. The van der Waals surface area contributed by atoms with Crippen LogP contribution in [0.5, 0.6) is 5.75 Å². The summed E-state index contributed by atoms with van der Waals surface area (Å²) in [6.45, 7) is 6.83. The molecule has 1 N–H and O–H groups in total. The van der Waals surface area contributed by atoms with Gasteiger partial charge in [0.25, 0.3) is 10.0 Å². The molecular weight excluding hydrogens is 538 g/mol. The number of nitrogens with zero attached hydrogens (tertiary/aromatic N) is 2. The van der Waals surface area contributed by atoms with Crippen molar-refractivity contribution < 1.29 is 22.7 Å². The van der Waals surface area contributed by atoms with E-state index in [2.05, 4.69) is 5.32 Å². The number of amides is 2. The van der Waals surface area contributed by atoms with E-state index in [1.54, 1.807) is 25.1 Å². The lowest BCUT2D eigenvalue weighted by molar-refractivity contribution is -0.139. The summed E-state index contributed by atoms with van der Waals surface area (Å²) in [6, 6.07) is 18.8. The maximum atomic E-state index is 13.9. The molecule has 3 rings (SSSR count). The minimum absolute atomic E-state index is 0.0215. The van der Waals surface area contributed by atoms with Gasteiger partial charge in [-0.3, -0.25) is 13.9 Å². The van der Waals surface area contributed by atoms with Gasteiger partial charge in [0.05, 0.1) is 17.7 Å². The number of methoxy groups -OCH3 is 1. The van der Waals surface area contributed by atoms with Crippen LogP contribution in [0.2, 0.25) is 5.02 Å². The predicted octanol–water partition coefficient (Wildman–Crippen LogP) is 4.79. The molecule has 10 heteroatoms. The number of hydrogen-bond acceptors (Lipinski definition) is 5. The molecule has 3 aromatic carbocycles. The van der Waals surface area contributed by atoms with Gasteiger partial charge in [-0.05, 0) is 75.7 Å². The first-order valence-corrected chi connectivity index (χ1v) is 14.3. The number of halogens is 1. The smallest absolute Gasteiger partial charge is 0.264 e. The van der Waals surface area contributed by atoms with Crippen molar-refractivity contribution in [1.82, 2.24) is 10.2 Å². The number of nitrogens with one attached hydrogen (secondary N) is 1. The first-order chi connectivity index (χ1) is 18.4. The van der Waals surface area contributed by atoms with E-state index in [-0.39, 0.29) is 29.1 Å². The molecule has 0 unspecified atom stereocenters. The molecular formula is C29H34ClN3O5S. The van der Waals surface area contributed by atoms with Gasteiger partial charge < -0.3 is 15.0 Å². The number of carbonyl (C=O) groups is 2. The number of anilines is 1. The van der Waals surface area contributed by atoms with Gasteiger partial charge in [-0.2, -0.15) is 0 Å². The second-order valence-electron chi connectivity index (χ2n) is 9.51. The summed E-state index contributed by atoms with van der Waals surface area (Å²) in [5.74, 6) is -0.384. The molecule has 0 bridgehead atoms. The largest absolute Gasteiger partial charge is 0.497 e. The molecule has 208 valence electrons. The summed E-state index contributed by atoms with van der Waals surface area (Å²) in [4.78, 5) is 28.2. The molecule has 3 aromatic rings. The molecule has 0 spiro atoms. The number of hydrogen-bond donors (Lipinski definition) is 1. The molecule has 2 amide bonds. The third-order valence-electron chi connectivity index (χ3n) is 6.09. The SMILES string of the molecule is COc1ccc(S(=O)(=O)N(CC(=O)N(Cc2ccc(C)cc2)[C@H](C)C(=O)NC(C)C)c2cccc(Cl)c2)cc1. The van der Waals surface area contributed by atoms with Crippen molar-refractivity contribution in [1.29, 1.82) is 0 Å². The van der Waals surface area contributed by atoms with Crippen molar-refractivity contribution in [3.63, 3.8) is 0 Å². The predicted molar refractivity (Wildman–Crippen MR) is 153 cm³/mol. The highest BCUT2D eigenvalue weighted by molar-refractivity contribution is 7.92. The van der Waals surface area contributed by atoms with Crippen molar-refractivity contribution in [2.45, 2.75) is 51.2 Å². The number of ether oxygens (including phenoxy) is 1. The fraction of sp³-hybridized carbons (Fsp3) is 0.310. The van der Waals surface area contributed by atoms with Crippen LogP contribution in [0.4, 0.5) is 5.69 Å². The van der Waals surface area contributed by atoms with Crippen LogP contribution in [0.25, 0.3) is 0 Å². The molecule has 0 aromatic heterocycles. The lowest BCUT2D eigenvalue weighted by Crippen LogP contribution is -2.52. The Morgan fingerprint density at radius 3 is 2.18 bits per heavy atom. The minimum Gasteiger partial charge on any atom is -0.497 e. The summed E-state index contributed by atoms with van der Waals surface area (Å²) < 4.78 is 33.8. The Kier molecular flexibility index (Phi) is 9.99. The normalized spacial score (nSPS) is 12.1. The minimum atomic E-state index is -4.20. The maximum Gasteiger partial charge on any atom is 0.264 e. The summed E-state index contributed by atoms with van der Waals surface area (Å²) >= 11 is 6.20. The molecule has 8 nitrogen and oxygen atoms in total. The molecule has 0 saturated heterocycles. The van der Waals surface area contributed by atoms with E-state index in [1.807, 2.05) is 45.0 Å². The van der Waals surface area contributed by atoms with Crippen molar-refractivity contribution >= 4 is 39.1 Å². The molecule has 0 aliphatic rings. The number of aryl methyl sites for hydroxylation is 1. The topological polar surface area (TPSA) is 96.0 Å². The first-order valence-electron chi connectivity index (χ1n) is 12.5. The third kappa shape index (κ3) is 7.74. The van der Waals surface area contributed by atoms with Crippen LogP contribution < -0.4 is 14.4 Å². The number of rotatable bonds is 11. The lowest BCUT2D eigenvalue weighted by atomic mass is 10.1. The van der Waals surface area contributed by atoms with Gasteiger partial charge in [0.1, 0.15) is 18.3 Å². The standard InChI is InChI=1S/C29H34ClN3O5S/c1-20(2)31-29(35)22(4)32(18-23-11-9-21(3)10-12-23)28(34)19-33(25-8-6-7-24(30)17-25)39(36,37)27-15-13-26(38-5)14-16-27/h6-17,20,22H,18-19H2,1-5H3,(H,31,35)/t22-/m1/s1. The Hall–Kier alpha value is -3.56. The molecule has 39 heavy (non-hydrogen) atoms. The molecule has 0 fully saturated rings. The van der Waals surface area contributed by atoms with Crippen LogP contribution in [0.1, 0.15) is 31.9 Å². The zero-order valence-corrected chi connectivity index (χ0v) is 24.3. The third-order valence-corrected chi connectivity index (χ3v) is 8.12. The van der Waals surface area contributed by atoms with Gasteiger partial charge in [-0.15, -0.1) is 0 Å². The number of sulfonamides is 1. The van der Waals surface area contributed by atoms with E-state index < -0.39 is 28.5 Å². The Balaban J connectivity index is 2.03. The Bertz CT molecular complexity index is 1390. The van der Waals surface area contributed by atoms with Crippen LogP contribution in [0.15, 0.2) is 77.7 Å². The van der Waals surface area contributed by atoms with Gasteiger partial charge in [0.15, 0.2) is 0 Å². The summed E-state index contributed by atoms with van der Waals surface area (Å²) in [5.41, 5.74) is 2.09. The van der Waals surface area contributed by atoms with Crippen molar-refractivity contribution in [3.05, 3.63) is 88.9 Å². The Morgan fingerprint density at radius 1 is 0.974 bits per heavy atom. The van der Waals surface area contributed by atoms with Crippen LogP contribution in [0.3, 0.4) is 0 Å². The Morgan fingerprint density at radius 2 is 1.62 bits per heavy atom. The van der Waals surface area contributed by atoms with Crippen molar-refractivity contribution in [2.24, 2.45) is 0 Å². The van der Waals surface area contributed by atoms with E-state index in [0.717, 1.165) is 15.4 Å². The van der Waals surface area contributed by atoms with Crippen LogP contribution in [0, 0.1) is 6.92 Å². The van der Waals surface area contributed by atoms with E-state index >= 15 is 0 Å². The van der Waals surface area contributed by atoms with E-state index in [0.29, 0.717) is 10.8 Å². The van der Waals surface area contributed by atoms with Crippen LogP contribution in [-0.2, 0) is 26.2 Å². The van der Waals surface area contributed by atoms with Gasteiger partial charge in [-0.25, -0.2) is 8.42 Å². The number of benzene rings is 3. The zero-order chi connectivity index (χ0) is 28.7. The average molecular weight is 572 g/mol. The molecule has 1 atom stereocenters. The second kappa shape index (κ2) is 13.0. The van der Waals surface area contributed by atoms with Gasteiger partial charge in [0, 0.05) is 17.6 Å². The summed E-state index contributed by atoms with van der Waals surface area (Å²) in [6.07, 6.45) is 0. The van der Waals surface area contributed by atoms with Gasteiger partial charge in [0.2, 0.25) is 11.8 Å². The highest BCUT2D eigenvalue weighted by Gasteiger charge is 2.32. The molecule has 0 aliphatic carbocycles. The number of carbonyl (C=O) groups excluding carboxylic acids is 2. The van der Waals surface area contributed by atoms with E-state index in [1.165, 1.54) is 42.3 Å². The molecule has 0 saturated carbocycles. The van der Waals surface area contributed by atoms with Crippen molar-refractivity contribution in [2.75, 3.05) is 18.0 Å². The monoisotopic (exact) mass is 571 g/mol. The second-order valence-corrected chi connectivity index (χ2v) is 11.8. The fourth-order valence-corrected chi connectivity index (χ4v) is 5.50. The van der Waals surface area contributed by atoms with E-state index in [4.69, 9.17) is 16.3 Å². The summed E-state index contributed by atoms with van der Waals surface area (Å²) in [5, 5.41) is 3.15. The maximum absolute atomic E-state index is 13.9. The van der Waals surface area contributed by atoms with Crippen molar-refractivity contribution in [3.8, 4) is 5.75 Å².